The van der Waals surface area contributed by atoms with Gasteiger partial charge in [-0.3, -0.25) is 9.59 Å². The smallest absolute Gasteiger partial charge is 0.243 e. The SMILES string of the molecule is CCOC1CC(N)(C(=O)N2CCC(C)(C(N)=O)C2)C1(C)C. The molecular weight excluding hydrogens is 270 g/mol. The number of nitrogens with zero attached hydrogens (tertiary/aromatic N) is 1. The van der Waals surface area contributed by atoms with E-state index in [1.54, 1.807) is 11.8 Å². The van der Waals surface area contributed by atoms with Crippen LogP contribution in [0.1, 0.15) is 40.5 Å². The molecule has 4 N–H and O–H groups in total. The van der Waals surface area contributed by atoms with E-state index in [4.69, 9.17) is 16.2 Å². The summed E-state index contributed by atoms with van der Waals surface area (Å²) in [6, 6.07) is 0. The second-order valence-corrected chi connectivity index (χ2v) is 7.24. The number of carbonyl (C=O) groups is 2. The van der Waals surface area contributed by atoms with E-state index in [0.717, 1.165) is 0 Å². The summed E-state index contributed by atoms with van der Waals surface area (Å²) < 4.78 is 5.66. The van der Waals surface area contributed by atoms with Crippen LogP contribution < -0.4 is 11.5 Å². The Bertz CT molecular complexity index is 465. The van der Waals surface area contributed by atoms with Gasteiger partial charge in [0.1, 0.15) is 5.54 Å². The van der Waals surface area contributed by atoms with E-state index in [1.165, 1.54) is 0 Å². The first-order valence-electron chi connectivity index (χ1n) is 7.58. The lowest BCUT2D eigenvalue weighted by atomic mass is 9.54. The van der Waals surface area contributed by atoms with Crippen molar-refractivity contribution in [3.8, 4) is 0 Å². The van der Waals surface area contributed by atoms with Crippen molar-refractivity contribution in [3.63, 3.8) is 0 Å². The number of hydrogen-bond acceptors (Lipinski definition) is 4. The molecule has 1 aliphatic heterocycles. The Morgan fingerprint density at radius 2 is 1.95 bits per heavy atom. The summed E-state index contributed by atoms with van der Waals surface area (Å²) in [4.78, 5) is 26.0. The minimum absolute atomic E-state index is 0.00146. The average Bonchev–Trinajstić information content (AvgIpc) is 2.81. The van der Waals surface area contributed by atoms with Crippen molar-refractivity contribution in [2.75, 3.05) is 19.7 Å². The molecule has 6 heteroatoms. The minimum atomic E-state index is -0.921. The first kappa shape index (κ1) is 16.2. The van der Waals surface area contributed by atoms with Crippen molar-refractivity contribution in [1.29, 1.82) is 0 Å². The first-order chi connectivity index (χ1) is 9.58. The lowest BCUT2D eigenvalue weighted by Gasteiger charge is -2.58. The number of ether oxygens (including phenoxy) is 1. The predicted molar refractivity (Wildman–Crippen MR) is 79.2 cm³/mol. The molecule has 6 nitrogen and oxygen atoms in total. The number of hydrogen-bond donors (Lipinski definition) is 2. The van der Waals surface area contributed by atoms with E-state index in [2.05, 4.69) is 0 Å². The second kappa shape index (κ2) is 4.95. The van der Waals surface area contributed by atoms with E-state index in [0.29, 0.717) is 32.5 Å². The Morgan fingerprint density at radius 1 is 1.33 bits per heavy atom. The zero-order valence-electron chi connectivity index (χ0n) is 13.4. The summed E-state index contributed by atoms with van der Waals surface area (Å²) in [5, 5.41) is 0. The lowest BCUT2D eigenvalue weighted by Crippen LogP contribution is -2.76. The lowest BCUT2D eigenvalue weighted by molar-refractivity contribution is -0.178. The molecule has 0 radical (unpaired) electrons. The van der Waals surface area contributed by atoms with Gasteiger partial charge in [-0.1, -0.05) is 13.8 Å². The molecule has 1 saturated heterocycles. The van der Waals surface area contributed by atoms with Crippen LogP contribution in [-0.4, -0.2) is 48.1 Å². The largest absolute Gasteiger partial charge is 0.378 e. The van der Waals surface area contributed by atoms with Crippen LogP contribution in [0.3, 0.4) is 0 Å². The van der Waals surface area contributed by atoms with E-state index < -0.39 is 16.4 Å². The van der Waals surface area contributed by atoms with Gasteiger partial charge in [-0.25, -0.2) is 0 Å². The number of carbonyl (C=O) groups excluding carboxylic acids is 2. The molecule has 21 heavy (non-hydrogen) atoms. The number of primary amides is 1. The minimum Gasteiger partial charge on any atom is -0.378 e. The molecule has 0 aromatic carbocycles. The maximum atomic E-state index is 12.8. The molecule has 2 amide bonds. The fourth-order valence-corrected chi connectivity index (χ4v) is 3.42. The van der Waals surface area contributed by atoms with Crippen molar-refractivity contribution in [2.24, 2.45) is 22.3 Å². The normalized spacial score (nSPS) is 38.1. The van der Waals surface area contributed by atoms with Gasteiger partial charge < -0.3 is 21.1 Å². The van der Waals surface area contributed by atoms with E-state index in [-0.39, 0.29) is 17.9 Å². The van der Waals surface area contributed by atoms with Gasteiger partial charge in [0.15, 0.2) is 0 Å². The molecular formula is C15H27N3O3. The van der Waals surface area contributed by atoms with E-state index in [1.807, 2.05) is 20.8 Å². The molecule has 2 fully saturated rings. The van der Waals surface area contributed by atoms with Crippen LogP contribution in [0, 0.1) is 10.8 Å². The molecule has 0 spiro atoms. The van der Waals surface area contributed by atoms with Crippen LogP contribution >= 0.6 is 0 Å². The highest BCUT2D eigenvalue weighted by atomic mass is 16.5. The molecule has 0 aromatic rings. The predicted octanol–water partition coefficient (Wildman–Crippen LogP) is 0.243. The van der Waals surface area contributed by atoms with Crippen molar-refractivity contribution in [3.05, 3.63) is 0 Å². The molecule has 1 heterocycles. The van der Waals surface area contributed by atoms with E-state index in [9.17, 15) is 9.59 Å². The highest BCUT2D eigenvalue weighted by Gasteiger charge is 2.64. The zero-order chi connectivity index (χ0) is 16.1. The fraction of sp³-hybridized carbons (Fsp3) is 0.867. The fourth-order valence-electron chi connectivity index (χ4n) is 3.42. The van der Waals surface area contributed by atoms with Gasteiger partial charge in [-0.15, -0.1) is 0 Å². The van der Waals surface area contributed by atoms with Gasteiger partial charge in [-0.2, -0.15) is 0 Å². The summed E-state index contributed by atoms with van der Waals surface area (Å²) in [6.07, 6.45) is 1.12. The molecule has 120 valence electrons. The van der Waals surface area contributed by atoms with Crippen LogP contribution in [0.5, 0.6) is 0 Å². The highest BCUT2D eigenvalue weighted by Crippen LogP contribution is 2.51. The highest BCUT2D eigenvalue weighted by molar-refractivity contribution is 5.90. The van der Waals surface area contributed by atoms with Crippen LogP contribution in [-0.2, 0) is 14.3 Å². The Morgan fingerprint density at radius 3 is 2.38 bits per heavy atom. The third-order valence-corrected chi connectivity index (χ3v) is 5.57. The number of amides is 2. The summed E-state index contributed by atoms with van der Waals surface area (Å²) in [6.45, 7) is 9.19. The maximum Gasteiger partial charge on any atom is 0.243 e. The Hall–Kier alpha value is -1.14. The summed E-state index contributed by atoms with van der Waals surface area (Å²) in [7, 11) is 0. The maximum absolute atomic E-state index is 12.8. The molecule has 3 atom stereocenters. The summed E-state index contributed by atoms with van der Waals surface area (Å²) >= 11 is 0. The van der Waals surface area contributed by atoms with Crippen molar-refractivity contribution in [2.45, 2.75) is 52.2 Å². The molecule has 2 aliphatic rings. The molecule has 0 bridgehead atoms. The molecule has 1 aliphatic carbocycles. The standard InChI is InChI=1S/C15H27N3O3/c1-5-21-10-8-15(17,13(10,2)3)12(20)18-7-6-14(4,9-18)11(16)19/h10H,5-9,17H2,1-4H3,(H2,16,19). The number of likely N-dealkylation sites (tertiary alicyclic amines) is 1. The summed E-state index contributed by atoms with van der Waals surface area (Å²) in [5.74, 6) is -0.447. The van der Waals surface area contributed by atoms with Crippen molar-refractivity contribution >= 4 is 11.8 Å². The van der Waals surface area contributed by atoms with Gasteiger partial charge >= 0.3 is 0 Å². The average molecular weight is 297 g/mol. The number of nitrogens with two attached hydrogens (primary N) is 2. The van der Waals surface area contributed by atoms with Gasteiger partial charge in [0.2, 0.25) is 11.8 Å². The molecule has 2 rings (SSSR count). The van der Waals surface area contributed by atoms with Crippen molar-refractivity contribution in [1.82, 2.24) is 4.90 Å². The summed E-state index contributed by atoms with van der Waals surface area (Å²) in [5.41, 5.74) is 9.87. The van der Waals surface area contributed by atoms with Crippen molar-refractivity contribution < 1.29 is 14.3 Å². The quantitative estimate of drug-likeness (QED) is 0.776. The molecule has 0 aromatic heterocycles. The molecule has 3 unspecified atom stereocenters. The Balaban J connectivity index is 2.10. The Kier molecular flexibility index (Phi) is 3.83. The monoisotopic (exact) mass is 297 g/mol. The first-order valence-corrected chi connectivity index (χ1v) is 7.58. The van der Waals surface area contributed by atoms with E-state index >= 15 is 0 Å². The van der Waals surface area contributed by atoms with Gasteiger partial charge in [0, 0.05) is 31.5 Å². The van der Waals surface area contributed by atoms with Crippen LogP contribution in [0.15, 0.2) is 0 Å². The Labute approximate surface area is 126 Å². The third-order valence-electron chi connectivity index (χ3n) is 5.57. The van der Waals surface area contributed by atoms with Gasteiger partial charge in [-0.05, 0) is 20.3 Å². The number of rotatable bonds is 4. The van der Waals surface area contributed by atoms with Crippen LogP contribution in [0.2, 0.25) is 0 Å². The van der Waals surface area contributed by atoms with Crippen LogP contribution in [0.4, 0.5) is 0 Å². The van der Waals surface area contributed by atoms with Gasteiger partial charge in [0.25, 0.3) is 0 Å². The third kappa shape index (κ3) is 2.25. The van der Waals surface area contributed by atoms with Gasteiger partial charge in [0.05, 0.1) is 11.5 Å². The molecule has 1 saturated carbocycles. The second-order valence-electron chi connectivity index (χ2n) is 7.24. The zero-order valence-corrected chi connectivity index (χ0v) is 13.4. The van der Waals surface area contributed by atoms with Crippen LogP contribution in [0.25, 0.3) is 0 Å². The topological polar surface area (TPSA) is 98.7 Å².